The van der Waals surface area contributed by atoms with E-state index in [4.69, 9.17) is 4.74 Å². The monoisotopic (exact) mass is 475 g/mol. The number of alkyl carbamates (subject to hydrolysis) is 1. The molecule has 0 saturated heterocycles. The van der Waals surface area contributed by atoms with Gasteiger partial charge in [-0.2, -0.15) is 0 Å². The first-order valence-electron chi connectivity index (χ1n) is 9.52. The van der Waals surface area contributed by atoms with Crippen molar-refractivity contribution in [2.24, 2.45) is 0 Å². The highest BCUT2D eigenvalue weighted by Crippen LogP contribution is 2.17. The first kappa shape index (κ1) is 23.4. The number of aryl methyl sites for hydroxylation is 1. The van der Waals surface area contributed by atoms with Gasteiger partial charge in [0, 0.05) is 22.3 Å². The molecule has 0 fully saturated rings. The third-order valence-corrected chi connectivity index (χ3v) is 4.25. The van der Waals surface area contributed by atoms with Crippen LogP contribution in [-0.2, 0) is 20.7 Å². The zero-order valence-electron chi connectivity index (χ0n) is 17.3. The number of amides is 3. The Labute approximate surface area is 184 Å². The number of benzene rings is 2. The lowest BCUT2D eigenvalue weighted by Crippen LogP contribution is -2.37. The van der Waals surface area contributed by atoms with Gasteiger partial charge in [0.2, 0.25) is 11.8 Å². The second-order valence-electron chi connectivity index (χ2n) is 7.66. The Morgan fingerprint density at radius 2 is 1.57 bits per heavy atom. The van der Waals surface area contributed by atoms with Crippen LogP contribution in [0.3, 0.4) is 0 Å². The zero-order valence-corrected chi connectivity index (χ0v) is 18.8. The molecule has 0 aliphatic carbocycles. The molecule has 3 N–H and O–H groups in total. The summed E-state index contributed by atoms with van der Waals surface area (Å²) < 4.78 is 6.06. The highest BCUT2D eigenvalue weighted by molar-refractivity contribution is 9.10. The molecule has 8 heteroatoms. The molecular weight excluding hydrogens is 450 g/mol. The maximum atomic E-state index is 12.2. The van der Waals surface area contributed by atoms with Crippen molar-refractivity contribution in [3.8, 4) is 0 Å². The molecule has 160 valence electrons. The fourth-order valence-electron chi connectivity index (χ4n) is 2.52. The summed E-state index contributed by atoms with van der Waals surface area (Å²) in [4.78, 5) is 35.9. The van der Waals surface area contributed by atoms with Crippen LogP contribution in [0.1, 0.15) is 32.8 Å². The normalized spacial score (nSPS) is 10.8. The van der Waals surface area contributed by atoms with E-state index < -0.39 is 17.6 Å². The van der Waals surface area contributed by atoms with Gasteiger partial charge in [0.15, 0.2) is 0 Å². The van der Waals surface area contributed by atoms with Crippen molar-refractivity contribution in [2.45, 2.75) is 39.2 Å². The van der Waals surface area contributed by atoms with E-state index in [2.05, 4.69) is 31.9 Å². The van der Waals surface area contributed by atoms with Crippen LogP contribution in [0.2, 0.25) is 0 Å². The van der Waals surface area contributed by atoms with Gasteiger partial charge in [-0.15, -0.1) is 0 Å². The van der Waals surface area contributed by atoms with Gasteiger partial charge in [-0.05, 0) is 63.1 Å². The van der Waals surface area contributed by atoms with Crippen LogP contribution in [-0.4, -0.2) is 30.1 Å². The first-order chi connectivity index (χ1) is 14.1. The highest BCUT2D eigenvalue weighted by atomic mass is 79.9. The predicted molar refractivity (Wildman–Crippen MR) is 120 cm³/mol. The Hall–Kier alpha value is -2.87. The second-order valence-corrected chi connectivity index (χ2v) is 8.58. The molecule has 0 saturated carbocycles. The molecule has 0 spiro atoms. The number of hydrogen-bond acceptors (Lipinski definition) is 4. The molecule has 30 heavy (non-hydrogen) atoms. The van der Waals surface area contributed by atoms with Gasteiger partial charge in [-0.1, -0.05) is 34.1 Å². The second kappa shape index (κ2) is 10.8. The van der Waals surface area contributed by atoms with E-state index in [1.165, 1.54) is 0 Å². The predicted octanol–water partition coefficient (Wildman–Crippen LogP) is 4.48. The Balaban J connectivity index is 1.81. The fourth-order valence-corrected chi connectivity index (χ4v) is 2.97. The van der Waals surface area contributed by atoms with E-state index in [1.54, 1.807) is 45.0 Å². The summed E-state index contributed by atoms with van der Waals surface area (Å²) in [5.74, 6) is -0.524. The molecule has 0 atom stereocenters. The number of carbonyl (C=O) groups is 3. The molecule has 0 aliphatic heterocycles. The standard InChI is InChI=1S/C22H26BrN3O4/c1-22(2,3)30-21(29)24-14-20(28)26-18-9-5-8-17(13-18)25-19(27)11-10-15-6-4-7-16(23)12-15/h4-9,12-13H,10-11,14H2,1-3H3,(H,24,29)(H,25,27)(H,26,28). The minimum absolute atomic E-state index is 0.120. The third-order valence-electron chi connectivity index (χ3n) is 3.75. The summed E-state index contributed by atoms with van der Waals surface area (Å²) in [6.07, 6.45) is 0.300. The van der Waals surface area contributed by atoms with Crippen molar-refractivity contribution in [2.75, 3.05) is 17.2 Å². The topological polar surface area (TPSA) is 96.5 Å². The van der Waals surface area contributed by atoms with E-state index in [9.17, 15) is 14.4 Å². The minimum Gasteiger partial charge on any atom is -0.444 e. The van der Waals surface area contributed by atoms with Crippen LogP contribution in [0.25, 0.3) is 0 Å². The third kappa shape index (κ3) is 9.09. The van der Waals surface area contributed by atoms with Gasteiger partial charge >= 0.3 is 6.09 Å². The van der Waals surface area contributed by atoms with Crippen LogP contribution in [0.15, 0.2) is 53.0 Å². The fraction of sp³-hybridized carbons (Fsp3) is 0.318. The zero-order chi connectivity index (χ0) is 22.1. The van der Waals surface area contributed by atoms with Gasteiger partial charge in [0.05, 0.1) is 0 Å². The van der Waals surface area contributed by atoms with Crippen LogP contribution >= 0.6 is 15.9 Å². The lowest BCUT2D eigenvalue weighted by molar-refractivity contribution is -0.116. The summed E-state index contributed by atoms with van der Waals surface area (Å²) >= 11 is 3.42. The highest BCUT2D eigenvalue weighted by Gasteiger charge is 2.16. The van der Waals surface area contributed by atoms with Crippen molar-refractivity contribution in [1.29, 1.82) is 0 Å². The van der Waals surface area contributed by atoms with E-state index in [0.29, 0.717) is 24.2 Å². The van der Waals surface area contributed by atoms with Crippen molar-refractivity contribution in [3.05, 3.63) is 58.6 Å². The lowest BCUT2D eigenvalue weighted by atomic mass is 10.1. The number of hydrogen-bond donors (Lipinski definition) is 3. The van der Waals surface area contributed by atoms with Crippen molar-refractivity contribution in [3.63, 3.8) is 0 Å². The number of carbonyl (C=O) groups excluding carboxylic acids is 3. The summed E-state index contributed by atoms with van der Waals surface area (Å²) in [7, 11) is 0. The molecule has 2 aromatic carbocycles. The van der Waals surface area contributed by atoms with Gasteiger partial charge in [0.1, 0.15) is 12.1 Å². The molecule has 0 aromatic heterocycles. The van der Waals surface area contributed by atoms with Crippen LogP contribution in [0.4, 0.5) is 16.2 Å². The van der Waals surface area contributed by atoms with Crippen LogP contribution in [0.5, 0.6) is 0 Å². The van der Waals surface area contributed by atoms with E-state index in [1.807, 2.05) is 24.3 Å². The lowest BCUT2D eigenvalue weighted by Gasteiger charge is -2.19. The largest absolute Gasteiger partial charge is 0.444 e. The minimum atomic E-state index is -0.663. The van der Waals surface area contributed by atoms with Crippen LogP contribution < -0.4 is 16.0 Å². The number of rotatable bonds is 7. The van der Waals surface area contributed by atoms with Gasteiger partial charge < -0.3 is 20.7 Å². The van der Waals surface area contributed by atoms with Crippen LogP contribution in [0, 0.1) is 0 Å². The molecule has 0 radical (unpaired) electrons. The molecule has 0 aliphatic rings. The van der Waals surface area contributed by atoms with E-state index in [-0.39, 0.29) is 12.5 Å². The SMILES string of the molecule is CC(C)(C)OC(=O)NCC(=O)Nc1cccc(NC(=O)CCc2cccc(Br)c2)c1. The quantitative estimate of drug-likeness (QED) is 0.549. The van der Waals surface area contributed by atoms with Gasteiger partial charge in [-0.25, -0.2) is 4.79 Å². The van der Waals surface area contributed by atoms with Crippen molar-refractivity contribution < 1.29 is 19.1 Å². The summed E-state index contributed by atoms with van der Waals surface area (Å²) in [6.45, 7) is 5.00. The molecule has 7 nitrogen and oxygen atoms in total. The summed E-state index contributed by atoms with van der Waals surface area (Å²) in [5, 5.41) is 7.89. The number of halogens is 1. The Kier molecular flexibility index (Phi) is 8.41. The Bertz CT molecular complexity index is 909. The smallest absolute Gasteiger partial charge is 0.408 e. The Morgan fingerprint density at radius 3 is 2.20 bits per heavy atom. The maximum Gasteiger partial charge on any atom is 0.408 e. The molecule has 0 unspecified atom stereocenters. The molecule has 2 rings (SSSR count). The van der Waals surface area contributed by atoms with Crippen molar-refractivity contribution >= 4 is 45.2 Å². The molecule has 3 amide bonds. The van der Waals surface area contributed by atoms with Crippen molar-refractivity contribution in [1.82, 2.24) is 5.32 Å². The summed E-state index contributed by atoms with van der Waals surface area (Å²) in [5.41, 5.74) is 1.52. The first-order valence-corrected chi connectivity index (χ1v) is 10.3. The average molecular weight is 476 g/mol. The van der Waals surface area contributed by atoms with E-state index in [0.717, 1.165) is 10.0 Å². The number of anilines is 2. The maximum absolute atomic E-state index is 12.2. The van der Waals surface area contributed by atoms with E-state index >= 15 is 0 Å². The summed E-state index contributed by atoms with van der Waals surface area (Å²) in [6, 6.07) is 14.6. The molecule has 2 aromatic rings. The molecule has 0 bridgehead atoms. The number of ether oxygens (including phenoxy) is 1. The Morgan fingerprint density at radius 1 is 0.933 bits per heavy atom. The molecular formula is C22H26BrN3O4. The van der Waals surface area contributed by atoms with Gasteiger partial charge in [0.25, 0.3) is 0 Å². The van der Waals surface area contributed by atoms with Gasteiger partial charge in [-0.3, -0.25) is 9.59 Å². The molecule has 0 heterocycles. The average Bonchev–Trinajstić information content (AvgIpc) is 2.64. The number of nitrogens with one attached hydrogen (secondary N) is 3.